The minimum atomic E-state index is -0.579. The van der Waals surface area contributed by atoms with Crippen molar-refractivity contribution in [1.29, 1.82) is 5.26 Å². The lowest BCUT2D eigenvalue weighted by Gasteiger charge is -2.28. The summed E-state index contributed by atoms with van der Waals surface area (Å²) in [6.45, 7) is 3.84. The zero-order valence-corrected chi connectivity index (χ0v) is 16.7. The van der Waals surface area contributed by atoms with Gasteiger partial charge in [-0.05, 0) is 36.9 Å². The highest BCUT2D eigenvalue weighted by atomic mass is 32.2. The van der Waals surface area contributed by atoms with Crippen molar-refractivity contribution in [2.75, 3.05) is 18.2 Å². The third kappa shape index (κ3) is 3.78. The van der Waals surface area contributed by atoms with Crippen molar-refractivity contribution in [3.63, 3.8) is 0 Å². The van der Waals surface area contributed by atoms with Crippen LogP contribution in [0, 0.1) is 11.3 Å². The number of allylic oxidation sites excluding steroid dienone is 2. The van der Waals surface area contributed by atoms with Gasteiger partial charge in [0.2, 0.25) is 0 Å². The van der Waals surface area contributed by atoms with E-state index in [9.17, 15) is 10.1 Å². The predicted octanol–water partition coefficient (Wildman–Crippen LogP) is 4.38. The largest absolute Gasteiger partial charge is 0.495 e. The Bertz CT molecular complexity index is 971. The number of carbonyl (C=O) groups excluding carboxylic acids is 1. The molecule has 1 atom stereocenters. The second-order valence-corrected chi connectivity index (χ2v) is 7.33. The van der Waals surface area contributed by atoms with Crippen molar-refractivity contribution < 1.29 is 13.9 Å². The van der Waals surface area contributed by atoms with Gasteiger partial charge in [-0.2, -0.15) is 5.26 Å². The van der Waals surface area contributed by atoms with E-state index in [1.165, 1.54) is 11.8 Å². The Balaban J connectivity index is 2.03. The van der Waals surface area contributed by atoms with Crippen LogP contribution in [0.2, 0.25) is 0 Å². The van der Waals surface area contributed by atoms with Gasteiger partial charge in [0, 0.05) is 5.70 Å². The van der Waals surface area contributed by atoms with E-state index in [1.807, 2.05) is 26.0 Å². The Morgan fingerprint density at radius 3 is 2.79 bits per heavy atom. The Hall–Kier alpha value is -3.11. The van der Waals surface area contributed by atoms with Gasteiger partial charge >= 0.3 is 0 Å². The molecule has 1 aliphatic rings. The van der Waals surface area contributed by atoms with Gasteiger partial charge in [-0.15, -0.1) is 11.8 Å². The van der Waals surface area contributed by atoms with E-state index < -0.39 is 5.92 Å². The molecule has 3 rings (SSSR count). The number of methoxy groups -OCH3 is 1. The standard InChI is InChI=1S/C21H21N3O3S/c1-4-28-21-14(12-22)19(17-10-7-11-27-17)18(13(2)23-21)20(25)24-15-8-5-6-9-16(15)26-3/h5-11,19,23H,4H2,1-3H3,(H,24,25)/t19-/m1/s1. The van der Waals surface area contributed by atoms with E-state index in [1.54, 1.807) is 37.6 Å². The van der Waals surface area contributed by atoms with Crippen LogP contribution in [0.3, 0.4) is 0 Å². The molecule has 2 aromatic rings. The van der Waals surface area contributed by atoms with Gasteiger partial charge in [-0.3, -0.25) is 4.79 Å². The van der Waals surface area contributed by atoms with E-state index in [0.29, 0.717) is 34.0 Å². The first-order chi connectivity index (χ1) is 13.6. The summed E-state index contributed by atoms with van der Waals surface area (Å²) in [4.78, 5) is 13.2. The Morgan fingerprint density at radius 2 is 2.14 bits per heavy atom. The molecular formula is C21H21N3O3S. The molecule has 0 bridgehead atoms. The van der Waals surface area contributed by atoms with Gasteiger partial charge in [0.05, 0.1) is 47.2 Å². The molecule has 0 aliphatic carbocycles. The van der Waals surface area contributed by atoms with Crippen LogP contribution in [-0.4, -0.2) is 18.8 Å². The number of carbonyl (C=O) groups is 1. The van der Waals surface area contributed by atoms with Crippen molar-refractivity contribution in [2.24, 2.45) is 0 Å². The molecule has 0 unspecified atom stereocenters. The lowest BCUT2D eigenvalue weighted by Crippen LogP contribution is -2.30. The molecular weight excluding hydrogens is 374 g/mol. The summed E-state index contributed by atoms with van der Waals surface area (Å²) >= 11 is 1.53. The number of anilines is 1. The molecule has 0 radical (unpaired) electrons. The van der Waals surface area contributed by atoms with Crippen LogP contribution >= 0.6 is 11.8 Å². The average molecular weight is 395 g/mol. The molecule has 144 valence electrons. The van der Waals surface area contributed by atoms with Gasteiger partial charge < -0.3 is 19.8 Å². The fourth-order valence-electron chi connectivity index (χ4n) is 3.15. The molecule has 2 N–H and O–H groups in total. The molecule has 7 heteroatoms. The SMILES string of the molecule is CCSC1=C(C#N)[C@H](c2ccco2)C(C(=O)Nc2ccccc2OC)=C(C)N1. The number of para-hydroxylation sites is 2. The van der Waals surface area contributed by atoms with Crippen molar-refractivity contribution in [1.82, 2.24) is 5.32 Å². The first-order valence-corrected chi connectivity index (χ1v) is 9.81. The number of nitriles is 1. The Kier molecular flexibility index (Phi) is 6.12. The summed E-state index contributed by atoms with van der Waals surface area (Å²) in [6, 6.07) is 13.0. The normalized spacial score (nSPS) is 16.4. The number of hydrogen-bond donors (Lipinski definition) is 2. The van der Waals surface area contributed by atoms with Crippen molar-refractivity contribution in [3.8, 4) is 11.8 Å². The summed E-state index contributed by atoms with van der Waals surface area (Å²) in [7, 11) is 1.55. The van der Waals surface area contributed by atoms with Crippen LogP contribution in [0.15, 0.2) is 69.0 Å². The number of amides is 1. The summed E-state index contributed by atoms with van der Waals surface area (Å²) < 4.78 is 10.9. The molecule has 1 aliphatic heterocycles. The lowest BCUT2D eigenvalue weighted by molar-refractivity contribution is -0.113. The van der Waals surface area contributed by atoms with Gasteiger partial charge in [0.1, 0.15) is 11.5 Å². The molecule has 0 saturated heterocycles. The predicted molar refractivity (Wildman–Crippen MR) is 110 cm³/mol. The van der Waals surface area contributed by atoms with Crippen LogP contribution in [0.4, 0.5) is 5.69 Å². The quantitative estimate of drug-likeness (QED) is 0.755. The number of furan rings is 1. The minimum Gasteiger partial charge on any atom is -0.495 e. The second kappa shape index (κ2) is 8.72. The van der Waals surface area contributed by atoms with Gasteiger partial charge in [0.15, 0.2) is 0 Å². The third-order valence-corrected chi connectivity index (χ3v) is 5.26. The Morgan fingerprint density at radius 1 is 1.36 bits per heavy atom. The number of dihydropyridines is 1. The van der Waals surface area contributed by atoms with Crippen LogP contribution in [0.5, 0.6) is 5.75 Å². The van der Waals surface area contributed by atoms with Crippen LogP contribution in [-0.2, 0) is 4.79 Å². The molecule has 0 saturated carbocycles. The average Bonchev–Trinajstić information content (AvgIpc) is 3.22. The number of ether oxygens (including phenoxy) is 1. The highest BCUT2D eigenvalue weighted by Gasteiger charge is 2.36. The van der Waals surface area contributed by atoms with E-state index >= 15 is 0 Å². The molecule has 1 aromatic carbocycles. The summed E-state index contributed by atoms with van der Waals surface area (Å²) in [5.74, 6) is 1.02. The fraction of sp³-hybridized carbons (Fsp3) is 0.238. The fourth-order valence-corrected chi connectivity index (χ4v) is 3.98. The van der Waals surface area contributed by atoms with Gasteiger partial charge in [-0.1, -0.05) is 19.1 Å². The molecule has 6 nitrogen and oxygen atoms in total. The second-order valence-electron chi connectivity index (χ2n) is 6.05. The van der Waals surface area contributed by atoms with Crippen LogP contribution in [0.25, 0.3) is 0 Å². The highest BCUT2D eigenvalue weighted by molar-refractivity contribution is 8.03. The molecule has 28 heavy (non-hydrogen) atoms. The van der Waals surface area contributed by atoms with E-state index in [4.69, 9.17) is 9.15 Å². The zero-order valence-electron chi connectivity index (χ0n) is 15.9. The number of thioether (sulfide) groups is 1. The summed E-state index contributed by atoms with van der Waals surface area (Å²) in [5.41, 5.74) is 2.16. The highest BCUT2D eigenvalue weighted by Crippen LogP contribution is 2.41. The third-order valence-electron chi connectivity index (χ3n) is 4.36. The molecule has 1 amide bonds. The molecule has 0 spiro atoms. The van der Waals surface area contributed by atoms with Crippen LogP contribution in [0.1, 0.15) is 25.5 Å². The molecule has 1 aromatic heterocycles. The summed E-state index contributed by atoms with van der Waals surface area (Å²) in [6.07, 6.45) is 1.55. The number of benzene rings is 1. The smallest absolute Gasteiger partial charge is 0.254 e. The van der Waals surface area contributed by atoms with E-state index in [-0.39, 0.29) is 5.91 Å². The number of nitrogens with zero attached hydrogens (tertiary/aromatic N) is 1. The maximum Gasteiger partial charge on any atom is 0.254 e. The van der Waals surface area contributed by atoms with E-state index in [2.05, 4.69) is 16.7 Å². The van der Waals surface area contributed by atoms with Gasteiger partial charge in [0.25, 0.3) is 5.91 Å². The monoisotopic (exact) mass is 395 g/mol. The topological polar surface area (TPSA) is 87.3 Å². The minimum absolute atomic E-state index is 0.316. The zero-order chi connectivity index (χ0) is 20.1. The number of rotatable bonds is 6. The van der Waals surface area contributed by atoms with E-state index in [0.717, 1.165) is 10.8 Å². The molecule has 2 heterocycles. The van der Waals surface area contributed by atoms with Crippen molar-refractivity contribution in [2.45, 2.75) is 19.8 Å². The van der Waals surface area contributed by atoms with Crippen LogP contribution < -0.4 is 15.4 Å². The maximum atomic E-state index is 13.2. The van der Waals surface area contributed by atoms with Crippen molar-refractivity contribution >= 4 is 23.4 Å². The first-order valence-electron chi connectivity index (χ1n) is 8.83. The number of hydrogen-bond acceptors (Lipinski definition) is 6. The van der Waals surface area contributed by atoms with Crippen molar-refractivity contribution in [3.05, 3.63) is 70.3 Å². The first kappa shape index (κ1) is 19.6. The summed E-state index contributed by atoms with van der Waals surface area (Å²) in [5, 5.41) is 16.7. The van der Waals surface area contributed by atoms with Gasteiger partial charge in [-0.25, -0.2) is 0 Å². The lowest BCUT2D eigenvalue weighted by atomic mass is 9.85. The molecule has 0 fully saturated rings. The maximum absolute atomic E-state index is 13.2. The number of nitrogens with one attached hydrogen (secondary N) is 2. The Labute approximate surface area is 168 Å².